The Bertz CT molecular complexity index is 923. The van der Waals surface area contributed by atoms with E-state index < -0.39 is 0 Å². The third-order valence-electron chi connectivity index (χ3n) is 4.24. The topological polar surface area (TPSA) is 31.4 Å². The number of benzene rings is 2. The Hall–Kier alpha value is -2.55. The lowest BCUT2D eigenvalue weighted by Crippen LogP contribution is -2.24. The SMILES string of the molecule is COc1cc(-c2cc3ccccc3cn2)cc(OC(C)(C)C)c1C(C)C. The van der Waals surface area contributed by atoms with Crippen LogP contribution in [0.25, 0.3) is 22.0 Å². The van der Waals surface area contributed by atoms with Crippen LogP contribution >= 0.6 is 0 Å². The number of ether oxygens (including phenoxy) is 2. The highest BCUT2D eigenvalue weighted by Gasteiger charge is 2.21. The van der Waals surface area contributed by atoms with Gasteiger partial charge in [0.2, 0.25) is 0 Å². The predicted molar refractivity (Wildman–Crippen MR) is 108 cm³/mol. The molecule has 0 aliphatic carbocycles. The van der Waals surface area contributed by atoms with Crippen molar-refractivity contribution in [3.8, 4) is 22.8 Å². The Balaban J connectivity index is 2.18. The van der Waals surface area contributed by atoms with Crippen LogP contribution in [0.1, 0.15) is 46.1 Å². The molecule has 0 fully saturated rings. The molecule has 3 aromatic rings. The number of aromatic nitrogens is 1. The Kier molecular flexibility index (Phi) is 4.90. The van der Waals surface area contributed by atoms with Gasteiger partial charge in [-0.3, -0.25) is 4.98 Å². The zero-order valence-electron chi connectivity index (χ0n) is 16.5. The molecule has 136 valence electrons. The Labute approximate surface area is 156 Å². The first-order chi connectivity index (χ1) is 12.3. The molecular weight excluding hydrogens is 322 g/mol. The van der Waals surface area contributed by atoms with E-state index in [0.29, 0.717) is 5.92 Å². The molecule has 3 nitrogen and oxygen atoms in total. The van der Waals surface area contributed by atoms with Crippen LogP contribution < -0.4 is 9.47 Å². The normalized spacial score (nSPS) is 11.8. The third kappa shape index (κ3) is 3.82. The summed E-state index contributed by atoms with van der Waals surface area (Å²) in [5.41, 5.74) is 2.71. The molecule has 2 aromatic carbocycles. The van der Waals surface area contributed by atoms with Gasteiger partial charge in [0, 0.05) is 22.7 Å². The average Bonchev–Trinajstić information content (AvgIpc) is 2.58. The molecule has 0 saturated carbocycles. The van der Waals surface area contributed by atoms with E-state index in [2.05, 4.69) is 69.9 Å². The van der Waals surface area contributed by atoms with Crippen molar-refractivity contribution in [2.75, 3.05) is 7.11 Å². The molecule has 0 unspecified atom stereocenters. The lowest BCUT2D eigenvalue weighted by Gasteiger charge is -2.26. The van der Waals surface area contributed by atoms with Crippen LogP contribution in [0.15, 0.2) is 48.7 Å². The second-order valence-electron chi connectivity index (χ2n) is 7.88. The van der Waals surface area contributed by atoms with E-state index in [1.165, 1.54) is 5.39 Å². The van der Waals surface area contributed by atoms with Gasteiger partial charge >= 0.3 is 0 Å². The van der Waals surface area contributed by atoms with Crippen LogP contribution in [0.3, 0.4) is 0 Å². The zero-order valence-corrected chi connectivity index (χ0v) is 16.5. The largest absolute Gasteiger partial charge is 0.496 e. The van der Waals surface area contributed by atoms with E-state index >= 15 is 0 Å². The highest BCUT2D eigenvalue weighted by Crippen LogP contribution is 2.40. The van der Waals surface area contributed by atoms with E-state index in [0.717, 1.165) is 33.7 Å². The maximum atomic E-state index is 6.28. The van der Waals surface area contributed by atoms with Gasteiger partial charge < -0.3 is 9.47 Å². The molecule has 0 aliphatic heterocycles. The minimum Gasteiger partial charge on any atom is -0.496 e. The number of fused-ring (bicyclic) bond motifs is 1. The first-order valence-corrected chi connectivity index (χ1v) is 9.04. The van der Waals surface area contributed by atoms with Crippen LogP contribution in [0.4, 0.5) is 0 Å². The van der Waals surface area contributed by atoms with Gasteiger partial charge in [-0.2, -0.15) is 0 Å². The fourth-order valence-electron chi connectivity index (χ4n) is 3.14. The molecule has 0 spiro atoms. The molecule has 3 heteroatoms. The molecule has 0 saturated heterocycles. The van der Waals surface area contributed by atoms with Gasteiger partial charge in [-0.25, -0.2) is 0 Å². The molecule has 1 heterocycles. The molecule has 0 radical (unpaired) electrons. The van der Waals surface area contributed by atoms with Gasteiger partial charge in [0.25, 0.3) is 0 Å². The maximum absolute atomic E-state index is 6.28. The summed E-state index contributed by atoms with van der Waals surface area (Å²) in [7, 11) is 1.71. The van der Waals surface area contributed by atoms with Crippen LogP contribution in [0, 0.1) is 0 Å². The Morgan fingerprint density at radius 3 is 2.19 bits per heavy atom. The van der Waals surface area contributed by atoms with Gasteiger partial charge in [0.1, 0.15) is 17.1 Å². The number of rotatable bonds is 4. The van der Waals surface area contributed by atoms with E-state index in [1.807, 2.05) is 18.3 Å². The van der Waals surface area contributed by atoms with Gasteiger partial charge in [0.05, 0.1) is 12.8 Å². The summed E-state index contributed by atoms with van der Waals surface area (Å²) in [6.07, 6.45) is 1.91. The second-order valence-corrected chi connectivity index (χ2v) is 7.88. The lowest BCUT2D eigenvalue weighted by atomic mass is 9.96. The quantitative estimate of drug-likeness (QED) is 0.561. The number of pyridine rings is 1. The third-order valence-corrected chi connectivity index (χ3v) is 4.24. The van der Waals surface area contributed by atoms with Gasteiger partial charge in [-0.05, 0) is 50.3 Å². The molecule has 0 atom stereocenters. The van der Waals surface area contributed by atoms with E-state index in [-0.39, 0.29) is 5.60 Å². The van der Waals surface area contributed by atoms with Crippen molar-refractivity contribution in [2.24, 2.45) is 0 Å². The van der Waals surface area contributed by atoms with Crippen molar-refractivity contribution < 1.29 is 9.47 Å². The van der Waals surface area contributed by atoms with Gasteiger partial charge in [-0.1, -0.05) is 38.1 Å². The lowest BCUT2D eigenvalue weighted by molar-refractivity contribution is 0.128. The van der Waals surface area contributed by atoms with Gasteiger partial charge in [0.15, 0.2) is 0 Å². The average molecular weight is 349 g/mol. The van der Waals surface area contributed by atoms with Crippen molar-refractivity contribution in [1.82, 2.24) is 4.98 Å². The van der Waals surface area contributed by atoms with Crippen LogP contribution in [0.2, 0.25) is 0 Å². The first-order valence-electron chi connectivity index (χ1n) is 9.04. The summed E-state index contributed by atoms with van der Waals surface area (Å²) in [5.74, 6) is 1.99. The van der Waals surface area contributed by atoms with Crippen molar-refractivity contribution in [3.05, 3.63) is 54.2 Å². The summed E-state index contributed by atoms with van der Waals surface area (Å²) in [6.45, 7) is 10.5. The molecule has 0 aliphatic rings. The van der Waals surface area contributed by atoms with Crippen LogP contribution in [0.5, 0.6) is 11.5 Å². The molecule has 3 rings (SSSR count). The standard InChI is InChI=1S/C23H27NO2/c1-15(2)22-20(25-6)12-18(13-21(22)26-23(3,4)5)19-11-16-9-7-8-10-17(16)14-24-19/h7-15H,1-6H3. The van der Waals surface area contributed by atoms with Crippen molar-refractivity contribution in [1.29, 1.82) is 0 Å². The van der Waals surface area contributed by atoms with E-state index in [9.17, 15) is 0 Å². The molecule has 0 amide bonds. The summed E-state index contributed by atoms with van der Waals surface area (Å²) >= 11 is 0. The smallest absolute Gasteiger partial charge is 0.127 e. The molecule has 26 heavy (non-hydrogen) atoms. The predicted octanol–water partition coefficient (Wildman–Crippen LogP) is 6.21. The molecule has 0 N–H and O–H groups in total. The summed E-state index contributed by atoms with van der Waals surface area (Å²) in [6, 6.07) is 14.5. The molecule has 0 bridgehead atoms. The second kappa shape index (κ2) is 6.99. The summed E-state index contributed by atoms with van der Waals surface area (Å²) in [4.78, 5) is 4.65. The van der Waals surface area contributed by atoms with Gasteiger partial charge in [-0.15, -0.1) is 0 Å². The first kappa shape index (κ1) is 18.2. The molecular formula is C23H27NO2. The fourth-order valence-corrected chi connectivity index (χ4v) is 3.14. The maximum Gasteiger partial charge on any atom is 0.127 e. The van der Waals surface area contributed by atoms with Crippen LogP contribution in [-0.4, -0.2) is 17.7 Å². The number of hydrogen-bond donors (Lipinski definition) is 0. The number of methoxy groups -OCH3 is 1. The van der Waals surface area contributed by atoms with Crippen molar-refractivity contribution >= 4 is 10.8 Å². The number of hydrogen-bond acceptors (Lipinski definition) is 3. The minimum atomic E-state index is -0.288. The minimum absolute atomic E-state index is 0.288. The van der Waals surface area contributed by atoms with Crippen molar-refractivity contribution in [3.63, 3.8) is 0 Å². The highest BCUT2D eigenvalue weighted by atomic mass is 16.5. The van der Waals surface area contributed by atoms with Crippen LogP contribution in [-0.2, 0) is 0 Å². The summed E-state index contributed by atoms with van der Waals surface area (Å²) in [5, 5.41) is 2.30. The molecule has 1 aromatic heterocycles. The monoisotopic (exact) mass is 349 g/mol. The van der Waals surface area contributed by atoms with E-state index in [1.54, 1.807) is 7.11 Å². The highest BCUT2D eigenvalue weighted by molar-refractivity contribution is 5.85. The number of nitrogens with zero attached hydrogens (tertiary/aromatic N) is 1. The fraction of sp³-hybridized carbons (Fsp3) is 0.348. The summed E-state index contributed by atoms with van der Waals surface area (Å²) < 4.78 is 12.0. The Morgan fingerprint density at radius 2 is 1.58 bits per heavy atom. The van der Waals surface area contributed by atoms with E-state index in [4.69, 9.17) is 9.47 Å². The zero-order chi connectivity index (χ0) is 18.9. The Morgan fingerprint density at radius 1 is 0.923 bits per heavy atom. The van der Waals surface area contributed by atoms with Crippen molar-refractivity contribution in [2.45, 2.75) is 46.1 Å².